The normalized spacial score (nSPS) is 12.3. The van der Waals surface area contributed by atoms with Gasteiger partial charge in [-0.3, -0.25) is 4.79 Å². The molecule has 21 heavy (non-hydrogen) atoms. The predicted molar refractivity (Wildman–Crippen MR) is 81.3 cm³/mol. The molecule has 1 amide bonds. The van der Waals surface area contributed by atoms with Gasteiger partial charge in [-0.25, -0.2) is 4.98 Å². The second kappa shape index (κ2) is 5.58. The van der Waals surface area contributed by atoms with Crippen LogP contribution in [0.15, 0.2) is 53.1 Å². The zero-order valence-electron chi connectivity index (χ0n) is 11.3. The summed E-state index contributed by atoms with van der Waals surface area (Å²) in [7, 11) is 0. The number of para-hydroxylation sites is 1. The Morgan fingerprint density at radius 3 is 2.81 bits per heavy atom. The number of hydrogen-bond donors (Lipinski definition) is 1. The molecule has 1 unspecified atom stereocenters. The Kier molecular flexibility index (Phi) is 3.62. The summed E-state index contributed by atoms with van der Waals surface area (Å²) in [5.41, 5.74) is 1.27. The quantitative estimate of drug-likeness (QED) is 0.745. The van der Waals surface area contributed by atoms with Crippen LogP contribution in [0.5, 0.6) is 0 Å². The molecule has 3 aromatic rings. The average Bonchev–Trinajstić information content (AvgIpc) is 2.92. The molecular weight excluding hydrogens is 288 g/mol. The topological polar surface area (TPSA) is 55.1 Å². The third kappa shape index (κ3) is 2.90. The summed E-state index contributed by atoms with van der Waals surface area (Å²) in [6.45, 7) is 1.87. The van der Waals surface area contributed by atoms with Crippen molar-refractivity contribution in [1.29, 1.82) is 0 Å². The third-order valence-corrected chi connectivity index (χ3v) is 3.43. The molecule has 5 heteroatoms. The average molecular weight is 301 g/mol. The van der Waals surface area contributed by atoms with E-state index in [0.29, 0.717) is 16.5 Å². The first-order valence-corrected chi connectivity index (χ1v) is 6.92. The van der Waals surface area contributed by atoms with Crippen molar-refractivity contribution in [2.45, 2.75) is 13.0 Å². The molecule has 1 atom stereocenters. The van der Waals surface area contributed by atoms with Gasteiger partial charge in [-0.15, -0.1) is 0 Å². The lowest BCUT2D eigenvalue weighted by Gasteiger charge is -2.11. The SMILES string of the molecule is CC(NC(=O)c1ccc(Cl)nc1)c1cc2ccccc2o1. The van der Waals surface area contributed by atoms with Crippen molar-refractivity contribution in [3.8, 4) is 0 Å². The van der Waals surface area contributed by atoms with Crippen LogP contribution in [0.4, 0.5) is 0 Å². The number of nitrogens with zero attached hydrogens (tertiary/aromatic N) is 1. The van der Waals surface area contributed by atoms with E-state index in [9.17, 15) is 4.79 Å². The van der Waals surface area contributed by atoms with E-state index in [-0.39, 0.29) is 11.9 Å². The van der Waals surface area contributed by atoms with E-state index in [1.807, 2.05) is 37.3 Å². The fourth-order valence-corrected chi connectivity index (χ4v) is 2.19. The number of pyridine rings is 1. The number of fused-ring (bicyclic) bond motifs is 1. The van der Waals surface area contributed by atoms with Crippen LogP contribution in [-0.4, -0.2) is 10.9 Å². The Morgan fingerprint density at radius 1 is 1.29 bits per heavy atom. The molecule has 2 aromatic heterocycles. The van der Waals surface area contributed by atoms with Crippen molar-refractivity contribution in [3.05, 3.63) is 65.1 Å². The summed E-state index contributed by atoms with van der Waals surface area (Å²) in [4.78, 5) is 16.0. The van der Waals surface area contributed by atoms with E-state index in [1.54, 1.807) is 12.1 Å². The maximum absolute atomic E-state index is 12.1. The first kappa shape index (κ1) is 13.6. The fourth-order valence-electron chi connectivity index (χ4n) is 2.08. The molecule has 4 nitrogen and oxygen atoms in total. The highest BCUT2D eigenvalue weighted by Gasteiger charge is 2.15. The highest BCUT2D eigenvalue weighted by Crippen LogP contribution is 2.23. The van der Waals surface area contributed by atoms with Crippen LogP contribution in [0.2, 0.25) is 5.15 Å². The molecule has 0 spiro atoms. The highest BCUT2D eigenvalue weighted by molar-refractivity contribution is 6.29. The minimum absolute atomic E-state index is 0.216. The van der Waals surface area contributed by atoms with E-state index < -0.39 is 0 Å². The molecule has 0 aliphatic rings. The first-order chi connectivity index (χ1) is 10.1. The van der Waals surface area contributed by atoms with Crippen molar-refractivity contribution in [3.63, 3.8) is 0 Å². The monoisotopic (exact) mass is 300 g/mol. The number of amides is 1. The molecule has 0 fully saturated rings. The Balaban J connectivity index is 1.77. The Morgan fingerprint density at radius 2 is 2.10 bits per heavy atom. The first-order valence-electron chi connectivity index (χ1n) is 6.54. The molecular formula is C16H13ClN2O2. The maximum Gasteiger partial charge on any atom is 0.253 e. The number of aromatic nitrogens is 1. The number of furan rings is 1. The lowest BCUT2D eigenvalue weighted by molar-refractivity contribution is 0.0935. The smallest absolute Gasteiger partial charge is 0.253 e. The third-order valence-electron chi connectivity index (χ3n) is 3.21. The maximum atomic E-state index is 12.1. The zero-order valence-corrected chi connectivity index (χ0v) is 12.1. The Hall–Kier alpha value is -2.33. The minimum Gasteiger partial charge on any atom is -0.459 e. The second-order valence-corrected chi connectivity index (χ2v) is 5.14. The van der Waals surface area contributed by atoms with Gasteiger partial charge >= 0.3 is 0 Å². The van der Waals surface area contributed by atoms with E-state index in [4.69, 9.17) is 16.0 Å². The number of benzene rings is 1. The summed E-state index contributed by atoms with van der Waals surface area (Å²) in [5, 5.41) is 4.25. The molecule has 0 aliphatic heterocycles. The molecule has 0 radical (unpaired) electrons. The van der Waals surface area contributed by atoms with E-state index in [2.05, 4.69) is 10.3 Å². The zero-order chi connectivity index (χ0) is 14.8. The van der Waals surface area contributed by atoms with Crippen LogP contribution in [0, 0.1) is 0 Å². The predicted octanol–water partition coefficient (Wildman–Crippen LogP) is 3.97. The molecule has 0 aliphatic carbocycles. The summed E-state index contributed by atoms with van der Waals surface area (Å²) in [5.74, 6) is 0.499. The standard InChI is InChI=1S/C16H13ClN2O2/c1-10(14-8-11-4-2-3-5-13(11)21-14)19-16(20)12-6-7-15(17)18-9-12/h2-10H,1H3,(H,19,20). The lowest BCUT2D eigenvalue weighted by atomic mass is 10.2. The van der Waals surface area contributed by atoms with Gasteiger partial charge in [0.1, 0.15) is 16.5 Å². The lowest BCUT2D eigenvalue weighted by Crippen LogP contribution is -2.26. The van der Waals surface area contributed by atoms with Crippen LogP contribution in [0.3, 0.4) is 0 Å². The largest absolute Gasteiger partial charge is 0.459 e. The van der Waals surface area contributed by atoms with Gasteiger partial charge in [0, 0.05) is 11.6 Å². The van der Waals surface area contributed by atoms with Gasteiger partial charge in [0.05, 0.1) is 11.6 Å². The summed E-state index contributed by atoms with van der Waals surface area (Å²) in [6, 6.07) is 12.7. The number of carbonyl (C=O) groups excluding carboxylic acids is 1. The Bertz CT molecular complexity index is 747. The van der Waals surface area contributed by atoms with Crippen LogP contribution in [0.25, 0.3) is 11.0 Å². The number of hydrogen-bond acceptors (Lipinski definition) is 3. The molecule has 1 N–H and O–H groups in total. The summed E-state index contributed by atoms with van der Waals surface area (Å²) in [6.07, 6.45) is 1.45. The van der Waals surface area contributed by atoms with Crippen LogP contribution >= 0.6 is 11.6 Å². The van der Waals surface area contributed by atoms with Gasteiger partial charge in [-0.05, 0) is 31.2 Å². The number of rotatable bonds is 3. The van der Waals surface area contributed by atoms with Crippen molar-refractivity contribution >= 4 is 28.5 Å². The van der Waals surface area contributed by atoms with E-state index in [0.717, 1.165) is 11.0 Å². The molecule has 0 bridgehead atoms. The second-order valence-electron chi connectivity index (χ2n) is 4.75. The van der Waals surface area contributed by atoms with Crippen molar-refractivity contribution in [1.82, 2.24) is 10.3 Å². The van der Waals surface area contributed by atoms with Crippen LogP contribution in [0.1, 0.15) is 29.1 Å². The van der Waals surface area contributed by atoms with Gasteiger partial charge in [0.2, 0.25) is 0 Å². The molecule has 106 valence electrons. The Labute approximate surface area is 126 Å². The number of nitrogens with one attached hydrogen (secondary N) is 1. The molecule has 0 saturated carbocycles. The van der Waals surface area contributed by atoms with E-state index in [1.165, 1.54) is 6.20 Å². The highest BCUT2D eigenvalue weighted by atomic mass is 35.5. The fraction of sp³-hybridized carbons (Fsp3) is 0.125. The van der Waals surface area contributed by atoms with Gasteiger partial charge in [0.15, 0.2) is 0 Å². The number of carbonyl (C=O) groups is 1. The summed E-state index contributed by atoms with van der Waals surface area (Å²) < 4.78 is 5.73. The van der Waals surface area contributed by atoms with Crippen molar-refractivity contribution < 1.29 is 9.21 Å². The van der Waals surface area contributed by atoms with Gasteiger partial charge in [-0.1, -0.05) is 29.8 Å². The van der Waals surface area contributed by atoms with Gasteiger partial charge < -0.3 is 9.73 Å². The van der Waals surface area contributed by atoms with Crippen LogP contribution < -0.4 is 5.32 Å². The van der Waals surface area contributed by atoms with Crippen molar-refractivity contribution in [2.75, 3.05) is 0 Å². The molecule has 2 heterocycles. The molecule has 1 aromatic carbocycles. The van der Waals surface area contributed by atoms with Crippen LogP contribution in [-0.2, 0) is 0 Å². The summed E-state index contributed by atoms with van der Waals surface area (Å²) >= 11 is 5.71. The molecule has 3 rings (SSSR count). The molecule has 0 saturated heterocycles. The van der Waals surface area contributed by atoms with E-state index >= 15 is 0 Å². The number of halogens is 1. The minimum atomic E-state index is -0.236. The van der Waals surface area contributed by atoms with Gasteiger partial charge in [-0.2, -0.15) is 0 Å². The van der Waals surface area contributed by atoms with Crippen molar-refractivity contribution in [2.24, 2.45) is 0 Å². The van der Waals surface area contributed by atoms with Gasteiger partial charge in [0.25, 0.3) is 5.91 Å².